The second kappa shape index (κ2) is 11.1. The summed E-state index contributed by atoms with van der Waals surface area (Å²) < 4.78 is 5.33. The Hall–Kier alpha value is -2.83. The summed E-state index contributed by atoms with van der Waals surface area (Å²) in [7, 11) is 0. The number of benzene rings is 1. The minimum Gasteiger partial charge on any atom is -0.359 e. The smallest absolute Gasteiger partial charge is 0.244 e. The maximum atomic E-state index is 12.6. The molecular weight excluding hydrogens is 354 g/mol. The van der Waals surface area contributed by atoms with Crippen molar-refractivity contribution in [3.63, 3.8) is 0 Å². The van der Waals surface area contributed by atoms with Crippen molar-refractivity contribution < 1.29 is 9.32 Å². The zero-order valence-corrected chi connectivity index (χ0v) is 17.2. The van der Waals surface area contributed by atoms with E-state index >= 15 is 0 Å². The Balaban J connectivity index is 1.92. The van der Waals surface area contributed by atoms with E-state index in [1.54, 1.807) is 4.90 Å². The number of carbonyl (C=O) groups is 1. The summed E-state index contributed by atoms with van der Waals surface area (Å²) in [5, 5.41) is 10.4. The van der Waals surface area contributed by atoms with Crippen molar-refractivity contribution in [1.82, 2.24) is 20.7 Å². The lowest BCUT2D eigenvalue weighted by molar-refractivity contribution is -0.130. The summed E-state index contributed by atoms with van der Waals surface area (Å²) in [4.78, 5) is 18.8. The largest absolute Gasteiger partial charge is 0.359 e. The molecule has 1 aromatic carbocycles. The van der Waals surface area contributed by atoms with Gasteiger partial charge in [0, 0.05) is 25.7 Å². The number of likely N-dealkylation sites (N-methyl/N-ethyl adjacent to an activating group) is 1. The molecule has 0 bridgehead atoms. The van der Waals surface area contributed by atoms with E-state index in [4.69, 9.17) is 4.52 Å². The molecule has 0 spiro atoms. The van der Waals surface area contributed by atoms with E-state index in [1.165, 1.54) is 0 Å². The van der Waals surface area contributed by atoms with Crippen molar-refractivity contribution >= 4 is 11.9 Å². The van der Waals surface area contributed by atoms with Gasteiger partial charge in [-0.05, 0) is 25.3 Å². The maximum absolute atomic E-state index is 12.6. The molecule has 0 saturated heterocycles. The van der Waals surface area contributed by atoms with Crippen LogP contribution in [0.2, 0.25) is 0 Å². The zero-order valence-electron chi connectivity index (χ0n) is 17.2. The average molecular weight is 386 g/mol. The summed E-state index contributed by atoms with van der Waals surface area (Å²) in [5.41, 5.74) is 2.03. The highest BCUT2D eigenvalue weighted by molar-refractivity contribution is 5.84. The Morgan fingerprint density at radius 1 is 1.21 bits per heavy atom. The topological polar surface area (TPSA) is 82.8 Å². The van der Waals surface area contributed by atoms with Gasteiger partial charge >= 0.3 is 0 Å². The summed E-state index contributed by atoms with van der Waals surface area (Å²) >= 11 is 0. The molecule has 0 aliphatic rings. The molecule has 0 atom stereocenters. The zero-order chi connectivity index (χ0) is 20.4. The molecule has 0 saturated carbocycles. The second-order valence-corrected chi connectivity index (χ2v) is 6.82. The Morgan fingerprint density at radius 3 is 2.57 bits per heavy atom. The van der Waals surface area contributed by atoms with Crippen molar-refractivity contribution in [2.45, 2.75) is 46.7 Å². The van der Waals surface area contributed by atoms with Crippen molar-refractivity contribution in [2.75, 3.05) is 19.6 Å². The number of carbonyl (C=O) groups excluding carboxylic acids is 1. The Kier molecular flexibility index (Phi) is 8.52. The van der Waals surface area contributed by atoms with Crippen molar-refractivity contribution in [2.24, 2.45) is 4.99 Å². The Bertz CT molecular complexity index is 755. The molecule has 7 nitrogen and oxygen atoms in total. The first-order valence-electron chi connectivity index (χ1n) is 9.82. The molecule has 2 aromatic rings. The number of guanidine groups is 1. The molecule has 0 unspecified atom stereocenters. The SMILES string of the molecule is CCNC(=NCC(=O)N(CC)Cc1ccccc1)NCc1cc(C(C)C)no1. The molecule has 2 N–H and O–H groups in total. The molecule has 1 amide bonds. The minimum absolute atomic E-state index is 0.00897. The van der Waals surface area contributed by atoms with Crippen LogP contribution in [0.25, 0.3) is 0 Å². The van der Waals surface area contributed by atoms with Crippen LogP contribution in [0.3, 0.4) is 0 Å². The molecule has 0 fully saturated rings. The van der Waals surface area contributed by atoms with Crippen LogP contribution in [0.15, 0.2) is 45.9 Å². The quantitative estimate of drug-likeness (QED) is 0.512. The molecule has 1 heterocycles. The lowest BCUT2D eigenvalue weighted by Crippen LogP contribution is -2.38. The van der Waals surface area contributed by atoms with E-state index in [9.17, 15) is 4.79 Å². The van der Waals surface area contributed by atoms with E-state index in [2.05, 4.69) is 34.6 Å². The molecule has 28 heavy (non-hydrogen) atoms. The van der Waals surface area contributed by atoms with Crippen molar-refractivity contribution in [3.05, 3.63) is 53.4 Å². The predicted molar refractivity (Wildman–Crippen MR) is 111 cm³/mol. The number of aliphatic imine (C=N–C) groups is 1. The molecule has 152 valence electrons. The standard InChI is InChI=1S/C21H31N5O2/c1-5-22-21(23-13-18-12-19(16(3)4)25-28-18)24-14-20(27)26(6-2)15-17-10-8-7-9-11-17/h7-12,16H,5-6,13-15H2,1-4H3,(H2,22,23,24). The number of hydrogen-bond acceptors (Lipinski definition) is 4. The Morgan fingerprint density at radius 2 is 1.96 bits per heavy atom. The third-order valence-electron chi connectivity index (χ3n) is 4.27. The van der Waals surface area contributed by atoms with Gasteiger partial charge in [-0.25, -0.2) is 4.99 Å². The highest BCUT2D eigenvalue weighted by atomic mass is 16.5. The van der Waals surface area contributed by atoms with E-state index in [1.807, 2.05) is 50.2 Å². The van der Waals surface area contributed by atoms with Gasteiger partial charge in [0.1, 0.15) is 6.54 Å². The van der Waals surface area contributed by atoms with Crippen LogP contribution in [0.1, 0.15) is 50.6 Å². The highest BCUT2D eigenvalue weighted by Crippen LogP contribution is 2.13. The summed E-state index contributed by atoms with van der Waals surface area (Å²) in [5.74, 6) is 1.63. The van der Waals surface area contributed by atoms with Crippen molar-refractivity contribution in [1.29, 1.82) is 0 Å². The first kappa shape index (κ1) is 21.5. The van der Waals surface area contributed by atoms with Crippen LogP contribution in [0, 0.1) is 0 Å². The number of rotatable bonds is 9. The monoisotopic (exact) mass is 385 g/mol. The predicted octanol–water partition coefficient (Wildman–Crippen LogP) is 2.90. The van der Waals surface area contributed by atoms with Crippen LogP contribution in [0.5, 0.6) is 0 Å². The molecular formula is C21H31N5O2. The minimum atomic E-state index is -0.00897. The summed E-state index contributed by atoms with van der Waals surface area (Å²) in [6.07, 6.45) is 0. The maximum Gasteiger partial charge on any atom is 0.244 e. The van der Waals surface area contributed by atoms with Gasteiger partial charge < -0.3 is 20.1 Å². The number of amides is 1. The van der Waals surface area contributed by atoms with Crippen LogP contribution < -0.4 is 10.6 Å². The van der Waals surface area contributed by atoms with Gasteiger partial charge in [0.2, 0.25) is 5.91 Å². The van der Waals surface area contributed by atoms with Crippen LogP contribution in [-0.4, -0.2) is 41.6 Å². The van der Waals surface area contributed by atoms with Gasteiger partial charge in [-0.15, -0.1) is 0 Å². The molecule has 0 aliphatic heterocycles. The Labute approximate surface area is 167 Å². The van der Waals surface area contributed by atoms with E-state index in [0.29, 0.717) is 38.1 Å². The highest BCUT2D eigenvalue weighted by Gasteiger charge is 2.12. The third kappa shape index (κ3) is 6.72. The van der Waals surface area contributed by atoms with E-state index in [0.717, 1.165) is 17.0 Å². The van der Waals surface area contributed by atoms with Crippen LogP contribution in [-0.2, 0) is 17.9 Å². The lowest BCUT2D eigenvalue weighted by atomic mass is 10.1. The van der Waals surface area contributed by atoms with Gasteiger partial charge in [0.05, 0.1) is 12.2 Å². The third-order valence-corrected chi connectivity index (χ3v) is 4.27. The van der Waals surface area contributed by atoms with E-state index < -0.39 is 0 Å². The average Bonchev–Trinajstić information content (AvgIpc) is 3.18. The fraction of sp³-hybridized carbons (Fsp3) is 0.476. The van der Waals surface area contributed by atoms with Crippen molar-refractivity contribution in [3.8, 4) is 0 Å². The van der Waals surface area contributed by atoms with Gasteiger partial charge in [-0.1, -0.05) is 49.3 Å². The summed E-state index contributed by atoms with van der Waals surface area (Å²) in [6, 6.07) is 11.9. The normalized spacial score (nSPS) is 11.5. The summed E-state index contributed by atoms with van der Waals surface area (Å²) in [6.45, 7) is 10.6. The van der Waals surface area contributed by atoms with Gasteiger partial charge in [-0.3, -0.25) is 4.79 Å². The number of aromatic nitrogens is 1. The molecule has 0 aliphatic carbocycles. The van der Waals surface area contributed by atoms with E-state index in [-0.39, 0.29) is 12.5 Å². The van der Waals surface area contributed by atoms with Gasteiger partial charge in [-0.2, -0.15) is 0 Å². The fourth-order valence-electron chi connectivity index (χ4n) is 2.62. The number of nitrogens with one attached hydrogen (secondary N) is 2. The first-order chi connectivity index (χ1) is 13.5. The lowest BCUT2D eigenvalue weighted by Gasteiger charge is -2.20. The van der Waals surface area contributed by atoms with Gasteiger partial charge in [0.25, 0.3) is 0 Å². The van der Waals surface area contributed by atoms with Gasteiger partial charge in [0.15, 0.2) is 11.7 Å². The first-order valence-corrected chi connectivity index (χ1v) is 9.82. The number of hydrogen-bond donors (Lipinski definition) is 2. The molecule has 0 radical (unpaired) electrons. The number of nitrogens with zero attached hydrogens (tertiary/aromatic N) is 3. The van der Waals surface area contributed by atoms with Crippen LogP contribution in [0.4, 0.5) is 0 Å². The molecule has 7 heteroatoms. The molecule has 1 aromatic heterocycles. The van der Waals surface area contributed by atoms with Crippen LogP contribution >= 0.6 is 0 Å². The fourth-order valence-corrected chi connectivity index (χ4v) is 2.62. The second-order valence-electron chi connectivity index (χ2n) is 6.82. The molecule has 2 rings (SSSR count).